The number of carbonyl (C=O) groups excluding carboxylic acids is 2. The molecule has 1 N–H and O–H groups in total. The minimum absolute atomic E-state index is 0.0343. The molecule has 2 fully saturated rings. The van der Waals surface area contributed by atoms with Gasteiger partial charge >= 0.3 is 0 Å². The predicted octanol–water partition coefficient (Wildman–Crippen LogP) is 3.86. The van der Waals surface area contributed by atoms with E-state index in [9.17, 15) is 9.59 Å². The van der Waals surface area contributed by atoms with Gasteiger partial charge < -0.3 is 24.6 Å². The molecule has 4 rings (SSSR count). The Morgan fingerprint density at radius 2 is 1.79 bits per heavy atom. The lowest BCUT2D eigenvalue weighted by Gasteiger charge is -2.29. The van der Waals surface area contributed by atoms with E-state index in [1.54, 1.807) is 7.11 Å². The fraction of sp³-hybridized carbons (Fsp3) is 0.462. The van der Waals surface area contributed by atoms with E-state index in [-0.39, 0.29) is 24.3 Å². The summed E-state index contributed by atoms with van der Waals surface area (Å²) in [5.74, 6) is 0.223. The molecule has 33 heavy (non-hydrogen) atoms. The summed E-state index contributed by atoms with van der Waals surface area (Å²) >= 11 is 0. The highest BCUT2D eigenvalue weighted by Crippen LogP contribution is 2.39. The molecule has 2 saturated heterocycles. The third-order valence-corrected chi connectivity index (χ3v) is 6.49. The number of hydrogen-bond donors (Lipinski definition) is 1. The zero-order valence-corrected chi connectivity index (χ0v) is 19.5. The second-order valence-corrected chi connectivity index (χ2v) is 8.60. The molecule has 0 radical (unpaired) electrons. The molecule has 0 saturated carbocycles. The molecule has 2 aliphatic rings. The number of rotatable bonds is 8. The number of morpholine rings is 1. The van der Waals surface area contributed by atoms with Crippen molar-refractivity contribution >= 4 is 23.2 Å². The van der Waals surface area contributed by atoms with Gasteiger partial charge in [0.1, 0.15) is 5.75 Å². The molecule has 2 atom stereocenters. The first-order valence-corrected chi connectivity index (χ1v) is 11.8. The topological polar surface area (TPSA) is 71.1 Å². The minimum atomic E-state index is -0.443. The second-order valence-electron chi connectivity index (χ2n) is 8.60. The van der Waals surface area contributed by atoms with Crippen molar-refractivity contribution in [2.45, 2.75) is 32.2 Å². The summed E-state index contributed by atoms with van der Waals surface area (Å²) in [4.78, 5) is 30.4. The van der Waals surface area contributed by atoms with Gasteiger partial charge in [-0.25, -0.2) is 0 Å². The number of unbranched alkanes of at least 4 members (excludes halogenated alkanes) is 1. The molecular weight excluding hydrogens is 418 g/mol. The number of hydrogen-bond acceptors (Lipinski definition) is 5. The number of likely N-dealkylation sites (tertiary alicyclic amines) is 1. The summed E-state index contributed by atoms with van der Waals surface area (Å²) in [5, 5.41) is 3.05. The number of methoxy groups -OCH3 is 1. The molecule has 0 spiro atoms. The SMILES string of the molecule is CCCCN1C(=O)C[C@@H](C(=O)Nc2ccc(N3CCOCC3)cc2)[C@H]1c1ccc(OC)cc1. The lowest BCUT2D eigenvalue weighted by atomic mass is 9.92. The molecular formula is C26H33N3O4. The summed E-state index contributed by atoms with van der Waals surface area (Å²) in [6.45, 7) is 5.96. The standard InChI is InChI=1S/C26H33N3O4/c1-3-4-13-29-24(30)18-23(25(29)19-5-11-22(32-2)12-6-19)26(31)27-20-7-9-21(10-8-20)28-14-16-33-17-15-28/h5-12,23,25H,3-4,13-18H2,1-2H3,(H,27,31)/t23-,25-/m1/s1. The Labute approximate surface area is 195 Å². The van der Waals surface area contributed by atoms with E-state index < -0.39 is 5.92 Å². The summed E-state index contributed by atoms with van der Waals surface area (Å²) < 4.78 is 10.7. The highest BCUT2D eigenvalue weighted by molar-refractivity contribution is 5.98. The van der Waals surface area contributed by atoms with Crippen LogP contribution in [0.2, 0.25) is 0 Å². The van der Waals surface area contributed by atoms with E-state index in [0.717, 1.165) is 61.8 Å². The van der Waals surface area contributed by atoms with Gasteiger partial charge in [-0.05, 0) is 48.4 Å². The van der Waals surface area contributed by atoms with Gasteiger partial charge in [-0.2, -0.15) is 0 Å². The smallest absolute Gasteiger partial charge is 0.230 e. The van der Waals surface area contributed by atoms with E-state index in [1.165, 1.54) is 0 Å². The van der Waals surface area contributed by atoms with Crippen LogP contribution in [-0.4, -0.2) is 56.7 Å². The van der Waals surface area contributed by atoms with Crippen molar-refractivity contribution in [1.29, 1.82) is 0 Å². The average molecular weight is 452 g/mol. The number of ether oxygens (including phenoxy) is 2. The van der Waals surface area contributed by atoms with E-state index in [1.807, 2.05) is 53.4 Å². The molecule has 0 bridgehead atoms. The van der Waals surface area contributed by atoms with Crippen LogP contribution >= 0.6 is 0 Å². The third kappa shape index (κ3) is 5.30. The number of nitrogens with zero attached hydrogens (tertiary/aromatic N) is 2. The maximum Gasteiger partial charge on any atom is 0.230 e. The van der Waals surface area contributed by atoms with E-state index in [0.29, 0.717) is 6.54 Å². The maximum absolute atomic E-state index is 13.3. The molecule has 0 unspecified atom stereocenters. The van der Waals surface area contributed by atoms with Gasteiger partial charge in [0.05, 0.1) is 32.3 Å². The minimum Gasteiger partial charge on any atom is -0.497 e. The quantitative estimate of drug-likeness (QED) is 0.660. The molecule has 0 aliphatic carbocycles. The highest BCUT2D eigenvalue weighted by atomic mass is 16.5. The molecule has 2 aromatic carbocycles. The Morgan fingerprint density at radius 3 is 2.42 bits per heavy atom. The summed E-state index contributed by atoms with van der Waals surface area (Å²) in [6, 6.07) is 15.3. The van der Waals surface area contributed by atoms with Crippen LogP contribution in [0.4, 0.5) is 11.4 Å². The predicted molar refractivity (Wildman–Crippen MR) is 129 cm³/mol. The fourth-order valence-electron chi connectivity index (χ4n) is 4.64. The van der Waals surface area contributed by atoms with Crippen molar-refractivity contribution < 1.29 is 19.1 Å². The molecule has 2 amide bonds. The maximum atomic E-state index is 13.3. The number of benzene rings is 2. The zero-order chi connectivity index (χ0) is 23.2. The van der Waals surface area contributed by atoms with Gasteiger partial charge in [0, 0.05) is 37.4 Å². The Bertz CT molecular complexity index is 939. The number of nitrogens with one attached hydrogen (secondary N) is 1. The molecule has 176 valence electrons. The van der Waals surface area contributed by atoms with E-state index >= 15 is 0 Å². The number of carbonyl (C=O) groups is 2. The normalized spacial score (nSPS) is 20.7. The van der Waals surface area contributed by atoms with Gasteiger partial charge in [-0.1, -0.05) is 25.5 Å². The van der Waals surface area contributed by atoms with Gasteiger partial charge in [0.2, 0.25) is 11.8 Å². The molecule has 2 aromatic rings. The monoisotopic (exact) mass is 451 g/mol. The Hall–Kier alpha value is -3.06. The largest absolute Gasteiger partial charge is 0.497 e. The van der Waals surface area contributed by atoms with Gasteiger partial charge in [-0.3, -0.25) is 9.59 Å². The van der Waals surface area contributed by atoms with Crippen molar-refractivity contribution in [1.82, 2.24) is 4.90 Å². The van der Waals surface area contributed by atoms with Gasteiger partial charge in [-0.15, -0.1) is 0 Å². The third-order valence-electron chi connectivity index (χ3n) is 6.49. The first kappa shape index (κ1) is 23.1. The first-order chi connectivity index (χ1) is 16.1. The summed E-state index contributed by atoms with van der Waals surface area (Å²) in [7, 11) is 1.63. The molecule has 2 aliphatic heterocycles. The van der Waals surface area contributed by atoms with Crippen LogP contribution in [0.5, 0.6) is 5.75 Å². The lowest BCUT2D eigenvalue weighted by Crippen LogP contribution is -2.36. The number of anilines is 2. The van der Waals surface area contributed by atoms with E-state index in [2.05, 4.69) is 17.1 Å². The van der Waals surface area contributed by atoms with Crippen LogP contribution in [0.1, 0.15) is 37.8 Å². The van der Waals surface area contributed by atoms with Crippen LogP contribution in [0.25, 0.3) is 0 Å². The van der Waals surface area contributed by atoms with Crippen molar-refractivity contribution in [3.8, 4) is 5.75 Å². The second kappa shape index (κ2) is 10.7. The molecule has 7 heteroatoms. The molecule has 0 aromatic heterocycles. The van der Waals surface area contributed by atoms with Crippen molar-refractivity contribution in [3.05, 3.63) is 54.1 Å². The first-order valence-electron chi connectivity index (χ1n) is 11.8. The van der Waals surface area contributed by atoms with Crippen LogP contribution in [0, 0.1) is 5.92 Å². The zero-order valence-electron chi connectivity index (χ0n) is 19.5. The Balaban J connectivity index is 1.50. The summed E-state index contributed by atoms with van der Waals surface area (Å²) in [6.07, 6.45) is 2.12. The number of amides is 2. The fourth-order valence-corrected chi connectivity index (χ4v) is 4.64. The van der Waals surface area contributed by atoms with Crippen molar-refractivity contribution in [3.63, 3.8) is 0 Å². The molecule has 7 nitrogen and oxygen atoms in total. The van der Waals surface area contributed by atoms with Crippen molar-refractivity contribution in [2.75, 3.05) is 50.2 Å². The van der Waals surface area contributed by atoms with Crippen LogP contribution < -0.4 is 15.0 Å². The van der Waals surface area contributed by atoms with Crippen LogP contribution in [0.3, 0.4) is 0 Å². The molecule has 2 heterocycles. The van der Waals surface area contributed by atoms with Gasteiger partial charge in [0.25, 0.3) is 0 Å². The highest BCUT2D eigenvalue weighted by Gasteiger charge is 2.44. The van der Waals surface area contributed by atoms with Crippen molar-refractivity contribution in [2.24, 2.45) is 5.92 Å². The Kier molecular flexibility index (Phi) is 7.50. The van der Waals surface area contributed by atoms with E-state index in [4.69, 9.17) is 9.47 Å². The Morgan fingerprint density at radius 1 is 1.09 bits per heavy atom. The summed E-state index contributed by atoms with van der Waals surface area (Å²) in [5.41, 5.74) is 2.82. The lowest BCUT2D eigenvalue weighted by molar-refractivity contribution is -0.129. The van der Waals surface area contributed by atoms with Gasteiger partial charge in [0.15, 0.2) is 0 Å². The van der Waals surface area contributed by atoms with Crippen LogP contribution in [-0.2, 0) is 14.3 Å². The average Bonchev–Trinajstić information content (AvgIpc) is 3.19. The van der Waals surface area contributed by atoms with Crippen LogP contribution in [0.15, 0.2) is 48.5 Å².